The molecular weight excluding hydrogens is 270 g/mol. The summed E-state index contributed by atoms with van der Waals surface area (Å²) in [6.07, 6.45) is 1.06. The molecule has 1 atom stereocenters. The summed E-state index contributed by atoms with van der Waals surface area (Å²) in [5.41, 5.74) is 2.51. The molecule has 2 rings (SSSR count). The van der Waals surface area contributed by atoms with Gasteiger partial charge >= 0.3 is 5.76 Å². The van der Waals surface area contributed by atoms with E-state index >= 15 is 0 Å². The van der Waals surface area contributed by atoms with Gasteiger partial charge in [0, 0.05) is 4.83 Å². The van der Waals surface area contributed by atoms with Crippen LogP contribution in [0.2, 0.25) is 0 Å². The van der Waals surface area contributed by atoms with Gasteiger partial charge in [-0.05, 0) is 30.0 Å². The van der Waals surface area contributed by atoms with Crippen LogP contribution >= 0.6 is 15.9 Å². The van der Waals surface area contributed by atoms with Crippen LogP contribution in [0.15, 0.2) is 27.4 Å². The van der Waals surface area contributed by atoms with E-state index in [2.05, 4.69) is 34.8 Å². The molecule has 0 bridgehead atoms. The first-order valence-electron chi connectivity index (χ1n) is 5.33. The number of halogens is 1. The average molecular weight is 284 g/mol. The number of benzene rings is 1. The van der Waals surface area contributed by atoms with Crippen LogP contribution in [0.5, 0.6) is 0 Å². The lowest BCUT2D eigenvalue weighted by molar-refractivity contribution is 0.553. The molecule has 0 spiro atoms. The van der Waals surface area contributed by atoms with Crippen molar-refractivity contribution in [2.75, 3.05) is 0 Å². The second kappa shape index (κ2) is 4.45. The quantitative estimate of drug-likeness (QED) is 0.875. The molecule has 0 amide bonds. The molecular formula is C12H14BrNO2. The van der Waals surface area contributed by atoms with Gasteiger partial charge < -0.3 is 4.42 Å². The van der Waals surface area contributed by atoms with Gasteiger partial charge in [-0.3, -0.25) is 4.98 Å². The first kappa shape index (κ1) is 11.5. The summed E-state index contributed by atoms with van der Waals surface area (Å²) in [7, 11) is 0. The van der Waals surface area contributed by atoms with Crippen LogP contribution in [-0.2, 0) is 0 Å². The zero-order valence-corrected chi connectivity index (χ0v) is 10.9. The third-order valence-electron chi connectivity index (χ3n) is 2.49. The van der Waals surface area contributed by atoms with E-state index in [1.165, 1.54) is 0 Å². The van der Waals surface area contributed by atoms with E-state index in [1.807, 2.05) is 18.2 Å². The number of aromatic nitrogens is 1. The normalized spacial score (nSPS) is 13.5. The average Bonchev–Trinajstić information content (AvgIpc) is 2.55. The number of rotatable bonds is 3. The van der Waals surface area contributed by atoms with Gasteiger partial charge in [0.15, 0.2) is 5.58 Å². The molecule has 0 aliphatic rings. The van der Waals surface area contributed by atoms with Crippen LogP contribution in [-0.4, -0.2) is 4.98 Å². The minimum absolute atomic E-state index is 0.303. The fourth-order valence-electron chi connectivity index (χ4n) is 1.71. The van der Waals surface area contributed by atoms with Crippen molar-refractivity contribution in [3.63, 3.8) is 0 Å². The van der Waals surface area contributed by atoms with Gasteiger partial charge in [-0.2, -0.15) is 0 Å². The van der Waals surface area contributed by atoms with E-state index < -0.39 is 5.76 Å². The van der Waals surface area contributed by atoms with E-state index in [0.717, 1.165) is 17.5 Å². The SMILES string of the molecule is CC(C)CC(Br)c1ccc2[nH]c(=O)oc2c1. The third-order valence-corrected chi connectivity index (χ3v) is 3.39. The van der Waals surface area contributed by atoms with Crippen molar-refractivity contribution in [3.05, 3.63) is 34.3 Å². The highest BCUT2D eigenvalue weighted by Gasteiger charge is 2.11. The predicted molar refractivity (Wildman–Crippen MR) is 68.0 cm³/mol. The Bertz CT molecular complexity index is 541. The van der Waals surface area contributed by atoms with Gasteiger partial charge in [0.05, 0.1) is 5.52 Å². The van der Waals surface area contributed by atoms with E-state index in [9.17, 15) is 4.79 Å². The Morgan fingerprint density at radius 3 is 2.88 bits per heavy atom. The molecule has 1 aromatic heterocycles. The molecule has 1 N–H and O–H groups in total. The van der Waals surface area contributed by atoms with Crippen molar-refractivity contribution < 1.29 is 4.42 Å². The summed E-state index contributed by atoms with van der Waals surface area (Å²) in [5.74, 6) is 0.223. The number of hydrogen-bond acceptors (Lipinski definition) is 2. The molecule has 0 radical (unpaired) electrons. The van der Waals surface area contributed by atoms with Crippen LogP contribution in [0.3, 0.4) is 0 Å². The molecule has 0 saturated heterocycles. The maximum absolute atomic E-state index is 11.0. The van der Waals surface area contributed by atoms with E-state index in [1.54, 1.807) is 0 Å². The van der Waals surface area contributed by atoms with Gasteiger partial charge in [-0.1, -0.05) is 35.8 Å². The fraction of sp³-hybridized carbons (Fsp3) is 0.417. The highest BCUT2D eigenvalue weighted by Crippen LogP contribution is 2.31. The Morgan fingerprint density at radius 1 is 1.44 bits per heavy atom. The van der Waals surface area contributed by atoms with E-state index in [0.29, 0.717) is 16.3 Å². The van der Waals surface area contributed by atoms with E-state index in [-0.39, 0.29) is 0 Å². The molecule has 1 heterocycles. The number of oxazole rings is 1. The molecule has 0 aliphatic heterocycles. The fourth-order valence-corrected chi connectivity index (χ4v) is 2.74. The highest BCUT2D eigenvalue weighted by atomic mass is 79.9. The lowest BCUT2D eigenvalue weighted by atomic mass is 10.0. The zero-order chi connectivity index (χ0) is 11.7. The van der Waals surface area contributed by atoms with Gasteiger partial charge in [0.2, 0.25) is 0 Å². The lowest BCUT2D eigenvalue weighted by Crippen LogP contribution is -1.95. The Labute approximate surface area is 102 Å². The number of aromatic amines is 1. The molecule has 3 nitrogen and oxygen atoms in total. The van der Waals surface area contributed by atoms with Gasteiger partial charge in [-0.15, -0.1) is 0 Å². The monoisotopic (exact) mass is 283 g/mol. The molecule has 16 heavy (non-hydrogen) atoms. The number of nitrogens with one attached hydrogen (secondary N) is 1. The lowest BCUT2D eigenvalue weighted by Gasteiger charge is -2.12. The Morgan fingerprint density at radius 2 is 2.19 bits per heavy atom. The Balaban J connectivity index is 2.34. The van der Waals surface area contributed by atoms with Crippen LogP contribution in [0.4, 0.5) is 0 Å². The van der Waals surface area contributed by atoms with Crippen LogP contribution < -0.4 is 5.76 Å². The molecule has 1 unspecified atom stereocenters. The van der Waals surface area contributed by atoms with Crippen molar-refractivity contribution in [3.8, 4) is 0 Å². The minimum Gasteiger partial charge on any atom is -0.408 e. The number of H-pyrrole nitrogens is 1. The minimum atomic E-state index is -0.401. The number of fused-ring (bicyclic) bond motifs is 1. The maximum atomic E-state index is 11.0. The zero-order valence-electron chi connectivity index (χ0n) is 9.29. The number of alkyl halides is 1. The molecule has 1 aromatic carbocycles. The van der Waals surface area contributed by atoms with Crippen molar-refractivity contribution in [2.24, 2.45) is 5.92 Å². The predicted octanol–water partition coefficient (Wildman–Crippen LogP) is 3.60. The first-order chi connectivity index (χ1) is 7.56. The molecule has 86 valence electrons. The van der Waals surface area contributed by atoms with Gasteiger partial charge in [-0.25, -0.2) is 4.79 Å². The van der Waals surface area contributed by atoms with Gasteiger partial charge in [0.1, 0.15) is 0 Å². The van der Waals surface area contributed by atoms with Crippen molar-refractivity contribution in [2.45, 2.75) is 25.1 Å². The standard InChI is InChI=1S/C12H14BrNO2/c1-7(2)5-9(13)8-3-4-10-11(6-8)16-12(15)14-10/h3-4,6-7,9H,5H2,1-2H3,(H,14,15). The topological polar surface area (TPSA) is 46.0 Å². The first-order valence-corrected chi connectivity index (χ1v) is 6.24. The summed E-state index contributed by atoms with van der Waals surface area (Å²) in [6, 6.07) is 5.80. The summed E-state index contributed by atoms with van der Waals surface area (Å²) >= 11 is 3.65. The maximum Gasteiger partial charge on any atom is 0.417 e. The molecule has 0 saturated carbocycles. The molecule has 2 aromatic rings. The summed E-state index contributed by atoms with van der Waals surface area (Å²) in [5, 5.41) is 0. The van der Waals surface area contributed by atoms with Crippen molar-refractivity contribution in [1.82, 2.24) is 4.98 Å². The summed E-state index contributed by atoms with van der Waals surface area (Å²) in [4.78, 5) is 13.9. The van der Waals surface area contributed by atoms with Crippen LogP contribution in [0, 0.1) is 5.92 Å². The second-order valence-electron chi connectivity index (χ2n) is 4.37. The van der Waals surface area contributed by atoms with Crippen LogP contribution in [0.1, 0.15) is 30.7 Å². The molecule has 4 heteroatoms. The summed E-state index contributed by atoms with van der Waals surface area (Å²) in [6.45, 7) is 4.37. The number of hydrogen-bond donors (Lipinski definition) is 1. The summed E-state index contributed by atoms with van der Waals surface area (Å²) < 4.78 is 5.03. The second-order valence-corrected chi connectivity index (χ2v) is 5.47. The Kier molecular flexibility index (Phi) is 3.19. The van der Waals surface area contributed by atoms with Crippen LogP contribution in [0.25, 0.3) is 11.1 Å². The largest absolute Gasteiger partial charge is 0.417 e. The Hall–Kier alpha value is -1.03. The highest BCUT2D eigenvalue weighted by molar-refractivity contribution is 9.09. The van der Waals surface area contributed by atoms with Crippen molar-refractivity contribution >= 4 is 27.0 Å². The third kappa shape index (κ3) is 2.38. The molecule has 0 aliphatic carbocycles. The van der Waals surface area contributed by atoms with E-state index in [4.69, 9.17) is 4.42 Å². The molecule has 0 fully saturated rings. The van der Waals surface area contributed by atoms with Gasteiger partial charge in [0.25, 0.3) is 0 Å². The van der Waals surface area contributed by atoms with Crippen molar-refractivity contribution in [1.29, 1.82) is 0 Å². The smallest absolute Gasteiger partial charge is 0.408 e.